The van der Waals surface area contributed by atoms with Crippen molar-refractivity contribution in [1.29, 1.82) is 0 Å². The second-order valence-electron chi connectivity index (χ2n) is 5.84. The van der Waals surface area contributed by atoms with E-state index in [4.69, 9.17) is 28.9 Å². The van der Waals surface area contributed by atoms with E-state index in [1.54, 1.807) is 6.07 Å². The number of amides is 1. The smallest absolute Gasteiger partial charge is 0.223 e. The van der Waals surface area contributed by atoms with Crippen molar-refractivity contribution in [2.75, 3.05) is 6.54 Å². The lowest BCUT2D eigenvalue weighted by molar-refractivity contribution is -0.122. The summed E-state index contributed by atoms with van der Waals surface area (Å²) in [7, 11) is 0. The number of carbonyl (C=O) groups is 1. The van der Waals surface area contributed by atoms with Crippen molar-refractivity contribution >= 4 is 41.5 Å². The van der Waals surface area contributed by atoms with Crippen LogP contribution in [0.15, 0.2) is 18.2 Å². The summed E-state index contributed by atoms with van der Waals surface area (Å²) in [5.74, 6) is 0.894. The Morgan fingerprint density at radius 2 is 2.10 bits per heavy atom. The van der Waals surface area contributed by atoms with E-state index in [1.807, 2.05) is 12.1 Å². The molecule has 0 heterocycles. The number of benzene rings is 1. The number of nitrogens with one attached hydrogen (secondary N) is 1. The molecule has 1 aromatic rings. The molecule has 0 saturated heterocycles. The van der Waals surface area contributed by atoms with Crippen LogP contribution < -0.4 is 11.1 Å². The third-order valence-corrected chi connectivity index (χ3v) is 5.08. The minimum atomic E-state index is 0. The van der Waals surface area contributed by atoms with Gasteiger partial charge in [-0.1, -0.05) is 35.3 Å². The molecular formula is C15H19Cl3N2O. The molecule has 3 rings (SSSR count). The van der Waals surface area contributed by atoms with Crippen LogP contribution in [-0.2, 0) is 4.79 Å². The molecule has 3 nitrogen and oxygen atoms in total. The van der Waals surface area contributed by atoms with Gasteiger partial charge < -0.3 is 11.1 Å². The van der Waals surface area contributed by atoms with Gasteiger partial charge in [-0.05, 0) is 42.7 Å². The van der Waals surface area contributed by atoms with E-state index in [2.05, 4.69) is 5.32 Å². The van der Waals surface area contributed by atoms with E-state index >= 15 is 0 Å². The first-order valence-corrected chi connectivity index (χ1v) is 7.80. The third kappa shape index (κ3) is 3.84. The van der Waals surface area contributed by atoms with Gasteiger partial charge in [-0.2, -0.15) is 0 Å². The zero-order chi connectivity index (χ0) is 14.3. The first-order valence-electron chi connectivity index (χ1n) is 7.05. The Morgan fingerprint density at radius 3 is 2.76 bits per heavy atom. The first kappa shape index (κ1) is 16.9. The summed E-state index contributed by atoms with van der Waals surface area (Å²) < 4.78 is 0. The standard InChI is InChI=1S/C15H18Cl2N2O.ClH/c16-12-3-1-2-9(14(12)17)10-6-11(10)15(20)19-7-13(18)8-4-5-8;/h1-3,8,10-11,13H,4-7,18H2,(H,19,20);1H. The van der Waals surface area contributed by atoms with Gasteiger partial charge in [-0.3, -0.25) is 4.79 Å². The Hall–Kier alpha value is -0.480. The maximum absolute atomic E-state index is 12.1. The van der Waals surface area contributed by atoms with Gasteiger partial charge in [0.15, 0.2) is 0 Å². The van der Waals surface area contributed by atoms with Gasteiger partial charge in [0.25, 0.3) is 0 Å². The van der Waals surface area contributed by atoms with Crippen LogP contribution in [0.1, 0.15) is 30.7 Å². The van der Waals surface area contributed by atoms with E-state index in [0.717, 1.165) is 12.0 Å². The van der Waals surface area contributed by atoms with Crippen LogP contribution in [0.3, 0.4) is 0 Å². The van der Waals surface area contributed by atoms with Crippen LogP contribution in [0.25, 0.3) is 0 Å². The highest BCUT2D eigenvalue weighted by Gasteiger charge is 2.45. The van der Waals surface area contributed by atoms with Crippen molar-refractivity contribution in [2.24, 2.45) is 17.6 Å². The molecule has 0 radical (unpaired) electrons. The average Bonchev–Trinajstić information content (AvgIpc) is 3.29. The molecule has 116 valence electrons. The number of hydrogen-bond donors (Lipinski definition) is 2. The molecule has 0 bridgehead atoms. The van der Waals surface area contributed by atoms with Crippen molar-refractivity contribution in [2.45, 2.75) is 31.2 Å². The van der Waals surface area contributed by atoms with E-state index in [9.17, 15) is 4.79 Å². The summed E-state index contributed by atoms with van der Waals surface area (Å²) in [5, 5.41) is 4.08. The molecule has 3 atom stereocenters. The van der Waals surface area contributed by atoms with Gasteiger partial charge >= 0.3 is 0 Å². The highest BCUT2D eigenvalue weighted by Crippen LogP contribution is 2.50. The number of nitrogens with two attached hydrogens (primary N) is 1. The SMILES string of the molecule is Cl.NC(CNC(=O)C1CC1c1cccc(Cl)c1Cl)C1CC1. The molecule has 0 aliphatic heterocycles. The predicted molar refractivity (Wildman–Crippen MR) is 88.3 cm³/mol. The lowest BCUT2D eigenvalue weighted by Crippen LogP contribution is -2.39. The topological polar surface area (TPSA) is 55.1 Å². The van der Waals surface area contributed by atoms with E-state index < -0.39 is 0 Å². The number of rotatable bonds is 5. The maximum atomic E-state index is 12.1. The van der Waals surface area contributed by atoms with Crippen LogP contribution in [0.2, 0.25) is 10.0 Å². The minimum Gasteiger partial charge on any atom is -0.354 e. The quantitative estimate of drug-likeness (QED) is 0.856. The molecule has 6 heteroatoms. The molecular weight excluding hydrogens is 331 g/mol. The summed E-state index contributed by atoms with van der Waals surface area (Å²) in [6, 6.07) is 5.69. The summed E-state index contributed by atoms with van der Waals surface area (Å²) in [5.41, 5.74) is 6.96. The second kappa shape index (κ2) is 6.74. The Labute approximate surface area is 141 Å². The molecule has 3 unspecified atom stereocenters. The van der Waals surface area contributed by atoms with Crippen molar-refractivity contribution in [3.8, 4) is 0 Å². The summed E-state index contributed by atoms with van der Waals surface area (Å²) in [4.78, 5) is 12.1. The van der Waals surface area contributed by atoms with Gasteiger partial charge in [0, 0.05) is 18.5 Å². The molecule has 1 aromatic carbocycles. The fourth-order valence-electron chi connectivity index (χ4n) is 2.68. The van der Waals surface area contributed by atoms with Crippen molar-refractivity contribution in [1.82, 2.24) is 5.32 Å². The monoisotopic (exact) mass is 348 g/mol. The molecule has 21 heavy (non-hydrogen) atoms. The van der Waals surface area contributed by atoms with Gasteiger partial charge in [0.05, 0.1) is 10.0 Å². The predicted octanol–water partition coefficient (Wildman–Crippen LogP) is 3.37. The molecule has 1 amide bonds. The molecule has 2 aliphatic carbocycles. The zero-order valence-electron chi connectivity index (χ0n) is 11.5. The number of halogens is 3. The fraction of sp³-hybridized carbons (Fsp3) is 0.533. The van der Waals surface area contributed by atoms with Crippen LogP contribution in [0.4, 0.5) is 0 Å². The molecule has 0 spiro atoms. The van der Waals surface area contributed by atoms with Gasteiger partial charge in [-0.25, -0.2) is 0 Å². The zero-order valence-corrected chi connectivity index (χ0v) is 13.8. The largest absolute Gasteiger partial charge is 0.354 e. The minimum absolute atomic E-state index is 0. The van der Waals surface area contributed by atoms with E-state index in [0.29, 0.717) is 22.5 Å². The first-order chi connectivity index (χ1) is 9.58. The van der Waals surface area contributed by atoms with Crippen molar-refractivity contribution in [3.05, 3.63) is 33.8 Å². The van der Waals surface area contributed by atoms with Crippen LogP contribution in [0.5, 0.6) is 0 Å². The summed E-state index contributed by atoms with van der Waals surface area (Å²) in [6.07, 6.45) is 3.23. The Balaban J connectivity index is 0.00000161. The fourth-order valence-corrected chi connectivity index (χ4v) is 3.12. The summed E-state index contributed by atoms with van der Waals surface area (Å²) in [6.45, 7) is 0.579. The van der Waals surface area contributed by atoms with E-state index in [-0.39, 0.29) is 36.2 Å². The number of carbonyl (C=O) groups excluding carboxylic acids is 1. The molecule has 2 aliphatic rings. The molecule has 3 N–H and O–H groups in total. The number of hydrogen-bond acceptors (Lipinski definition) is 2. The Kier molecular flexibility index (Phi) is 5.42. The third-order valence-electron chi connectivity index (χ3n) is 4.25. The molecule has 0 aromatic heterocycles. The van der Waals surface area contributed by atoms with Gasteiger partial charge in [-0.15, -0.1) is 12.4 Å². The molecule has 2 saturated carbocycles. The average molecular weight is 350 g/mol. The van der Waals surface area contributed by atoms with Crippen molar-refractivity contribution in [3.63, 3.8) is 0 Å². The van der Waals surface area contributed by atoms with Crippen LogP contribution in [-0.4, -0.2) is 18.5 Å². The lowest BCUT2D eigenvalue weighted by Gasteiger charge is -2.11. The lowest BCUT2D eigenvalue weighted by atomic mass is 10.1. The van der Waals surface area contributed by atoms with Crippen LogP contribution in [0, 0.1) is 11.8 Å². The molecule has 2 fully saturated rings. The summed E-state index contributed by atoms with van der Waals surface area (Å²) >= 11 is 12.2. The second-order valence-corrected chi connectivity index (χ2v) is 6.62. The maximum Gasteiger partial charge on any atom is 0.223 e. The highest BCUT2D eigenvalue weighted by molar-refractivity contribution is 6.42. The van der Waals surface area contributed by atoms with Crippen LogP contribution >= 0.6 is 35.6 Å². The van der Waals surface area contributed by atoms with E-state index in [1.165, 1.54) is 12.8 Å². The van der Waals surface area contributed by atoms with Crippen molar-refractivity contribution < 1.29 is 4.79 Å². The Morgan fingerprint density at radius 1 is 1.38 bits per heavy atom. The van der Waals surface area contributed by atoms with Gasteiger partial charge in [0.2, 0.25) is 5.91 Å². The highest BCUT2D eigenvalue weighted by atomic mass is 35.5. The van der Waals surface area contributed by atoms with Gasteiger partial charge in [0.1, 0.15) is 0 Å². The normalized spacial score (nSPS) is 24.9. The Bertz CT molecular complexity index is 534.